The van der Waals surface area contributed by atoms with Crippen LogP contribution in [0.4, 0.5) is 4.39 Å². The highest BCUT2D eigenvalue weighted by Gasteiger charge is 2.60. The lowest BCUT2D eigenvalue weighted by molar-refractivity contribution is -0.140. The van der Waals surface area contributed by atoms with Crippen molar-refractivity contribution in [3.05, 3.63) is 48.4 Å². The summed E-state index contributed by atoms with van der Waals surface area (Å²) in [5.74, 6) is -2.29. The van der Waals surface area contributed by atoms with E-state index in [0.29, 0.717) is 17.3 Å². The van der Waals surface area contributed by atoms with Gasteiger partial charge in [0, 0.05) is 16.8 Å². The molecule has 5 nitrogen and oxygen atoms in total. The lowest BCUT2D eigenvalue weighted by Crippen LogP contribution is -2.44. The van der Waals surface area contributed by atoms with Gasteiger partial charge in [-0.15, -0.1) is 6.58 Å². The first-order chi connectivity index (χ1) is 9.96. The van der Waals surface area contributed by atoms with E-state index in [2.05, 4.69) is 16.9 Å². The quantitative estimate of drug-likeness (QED) is 0.753. The number of amides is 1. The molecule has 1 amide bonds. The standard InChI is InChI=1S/C15H13FN2O3/c1-2-9-7-15(9,14(20)21)18-13(19)12-6-8-5-10(16)3-4-11(8)17-12/h2-6,9,17H,1,7H2,(H,18,19)(H,20,21). The first-order valence-electron chi connectivity index (χ1n) is 6.43. The number of nitrogens with one attached hydrogen (secondary N) is 2. The molecule has 3 N–H and O–H groups in total. The number of H-pyrrole nitrogens is 1. The maximum Gasteiger partial charge on any atom is 0.330 e. The van der Waals surface area contributed by atoms with Gasteiger partial charge in [0.05, 0.1) is 0 Å². The molecule has 1 aliphatic carbocycles. The smallest absolute Gasteiger partial charge is 0.330 e. The maximum absolute atomic E-state index is 13.1. The Bertz CT molecular complexity index is 767. The molecular weight excluding hydrogens is 275 g/mol. The predicted molar refractivity (Wildman–Crippen MR) is 74.4 cm³/mol. The molecule has 1 aromatic carbocycles. The van der Waals surface area contributed by atoms with E-state index in [0.717, 1.165) is 0 Å². The van der Waals surface area contributed by atoms with E-state index >= 15 is 0 Å². The van der Waals surface area contributed by atoms with Gasteiger partial charge in [-0.1, -0.05) is 6.08 Å². The van der Waals surface area contributed by atoms with Crippen molar-refractivity contribution in [2.45, 2.75) is 12.0 Å². The van der Waals surface area contributed by atoms with Crippen molar-refractivity contribution in [2.24, 2.45) is 5.92 Å². The van der Waals surface area contributed by atoms with Crippen LogP contribution in [0.15, 0.2) is 36.9 Å². The number of aromatic amines is 1. The zero-order valence-corrected chi connectivity index (χ0v) is 11.0. The Kier molecular flexibility index (Phi) is 2.83. The number of halogens is 1. The molecule has 0 spiro atoms. The topological polar surface area (TPSA) is 82.2 Å². The number of benzene rings is 1. The fourth-order valence-electron chi connectivity index (χ4n) is 2.51. The van der Waals surface area contributed by atoms with Crippen molar-refractivity contribution in [1.29, 1.82) is 0 Å². The monoisotopic (exact) mass is 288 g/mol. The lowest BCUT2D eigenvalue weighted by atomic mass is 10.2. The van der Waals surface area contributed by atoms with Crippen LogP contribution in [0.1, 0.15) is 16.9 Å². The van der Waals surface area contributed by atoms with Gasteiger partial charge in [0.15, 0.2) is 0 Å². The third-order valence-electron chi connectivity index (χ3n) is 3.84. The van der Waals surface area contributed by atoms with E-state index in [-0.39, 0.29) is 11.6 Å². The van der Waals surface area contributed by atoms with E-state index in [1.54, 1.807) is 0 Å². The van der Waals surface area contributed by atoms with Crippen molar-refractivity contribution in [2.75, 3.05) is 0 Å². The van der Waals surface area contributed by atoms with Crippen LogP contribution in [-0.4, -0.2) is 27.5 Å². The third-order valence-corrected chi connectivity index (χ3v) is 3.84. The van der Waals surface area contributed by atoms with E-state index in [4.69, 9.17) is 0 Å². The van der Waals surface area contributed by atoms with Gasteiger partial charge in [-0.25, -0.2) is 9.18 Å². The van der Waals surface area contributed by atoms with E-state index in [1.165, 1.54) is 30.3 Å². The normalized spacial score (nSPS) is 23.8. The van der Waals surface area contributed by atoms with Crippen molar-refractivity contribution in [3.63, 3.8) is 0 Å². The second kappa shape index (κ2) is 4.44. The molecule has 108 valence electrons. The third kappa shape index (κ3) is 2.08. The summed E-state index contributed by atoms with van der Waals surface area (Å²) in [5, 5.41) is 12.3. The van der Waals surface area contributed by atoms with Gasteiger partial charge in [0.1, 0.15) is 17.1 Å². The Morgan fingerprint density at radius 1 is 1.48 bits per heavy atom. The number of carboxylic acids is 1. The van der Waals surface area contributed by atoms with Gasteiger partial charge in [0.25, 0.3) is 5.91 Å². The summed E-state index contributed by atoms with van der Waals surface area (Å²) in [6, 6.07) is 5.61. The highest BCUT2D eigenvalue weighted by atomic mass is 19.1. The average Bonchev–Trinajstić information content (AvgIpc) is 2.99. The summed E-state index contributed by atoms with van der Waals surface area (Å²) in [6.07, 6.45) is 1.85. The molecule has 2 unspecified atom stereocenters. The van der Waals surface area contributed by atoms with Gasteiger partial charge in [-0.2, -0.15) is 0 Å². The highest BCUT2D eigenvalue weighted by molar-refractivity contribution is 6.01. The van der Waals surface area contributed by atoms with E-state index < -0.39 is 23.2 Å². The molecule has 21 heavy (non-hydrogen) atoms. The molecule has 1 aliphatic rings. The fraction of sp³-hybridized carbons (Fsp3) is 0.200. The Morgan fingerprint density at radius 3 is 2.86 bits per heavy atom. The Labute approximate surface area is 119 Å². The van der Waals surface area contributed by atoms with Crippen LogP contribution in [0, 0.1) is 11.7 Å². The molecule has 1 aromatic heterocycles. The van der Waals surface area contributed by atoms with E-state index in [1.807, 2.05) is 0 Å². The Balaban J connectivity index is 1.87. The molecule has 1 fully saturated rings. The summed E-state index contributed by atoms with van der Waals surface area (Å²) in [4.78, 5) is 26.3. The Hall–Kier alpha value is -2.63. The summed E-state index contributed by atoms with van der Waals surface area (Å²) in [6.45, 7) is 3.56. The SMILES string of the molecule is C=CC1CC1(NC(=O)c1cc2cc(F)ccc2[nH]1)C(=O)O. The predicted octanol–water partition coefficient (Wildman–Crippen LogP) is 2.07. The summed E-state index contributed by atoms with van der Waals surface area (Å²) in [5.41, 5.74) is -0.464. The minimum absolute atomic E-state index is 0.200. The zero-order chi connectivity index (χ0) is 15.2. The summed E-state index contributed by atoms with van der Waals surface area (Å²) in [7, 11) is 0. The molecule has 0 bridgehead atoms. The molecule has 0 saturated heterocycles. The molecule has 2 atom stereocenters. The number of aromatic nitrogens is 1. The fourth-order valence-corrected chi connectivity index (χ4v) is 2.51. The van der Waals surface area contributed by atoms with Crippen LogP contribution in [0.3, 0.4) is 0 Å². The van der Waals surface area contributed by atoms with Crippen LogP contribution in [0.2, 0.25) is 0 Å². The van der Waals surface area contributed by atoms with Crippen molar-refractivity contribution in [3.8, 4) is 0 Å². The zero-order valence-electron chi connectivity index (χ0n) is 11.0. The average molecular weight is 288 g/mol. The molecule has 3 rings (SSSR count). The van der Waals surface area contributed by atoms with Crippen LogP contribution < -0.4 is 5.32 Å². The molecule has 2 aromatic rings. The maximum atomic E-state index is 13.1. The summed E-state index contributed by atoms with van der Waals surface area (Å²) < 4.78 is 13.1. The second-order valence-electron chi connectivity index (χ2n) is 5.19. The first kappa shape index (κ1) is 13.4. The number of aliphatic carboxylic acids is 1. The van der Waals surface area contributed by atoms with Crippen LogP contribution >= 0.6 is 0 Å². The molecule has 1 saturated carbocycles. The van der Waals surface area contributed by atoms with Gasteiger partial charge in [0.2, 0.25) is 0 Å². The molecule has 1 heterocycles. The van der Waals surface area contributed by atoms with Crippen molar-refractivity contribution < 1.29 is 19.1 Å². The minimum atomic E-state index is -1.28. The molecule has 6 heteroatoms. The lowest BCUT2D eigenvalue weighted by Gasteiger charge is -2.13. The molecule has 0 radical (unpaired) electrons. The second-order valence-corrected chi connectivity index (χ2v) is 5.19. The van der Waals surface area contributed by atoms with Gasteiger partial charge < -0.3 is 15.4 Å². The minimum Gasteiger partial charge on any atom is -0.479 e. The number of carboxylic acid groups (broad SMARTS) is 1. The number of hydrogen-bond acceptors (Lipinski definition) is 2. The number of rotatable bonds is 4. The number of carbonyl (C=O) groups excluding carboxylic acids is 1. The number of fused-ring (bicyclic) bond motifs is 1. The number of hydrogen-bond donors (Lipinski definition) is 3. The molecular formula is C15H13FN2O3. The van der Waals surface area contributed by atoms with Gasteiger partial charge in [-0.3, -0.25) is 4.79 Å². The van der Waals surface area contributed by atoms with Gasteiger partial charge >= 0.3 is 5.97 Å². The van der Waals surface area contributed by atoms with Crippen LogP contribution in [0.5, 0.6) is 0 Å². The van der Waals surface area contributed by atoms with E-state index in [9.17, 15) is 19.1 Å². The van der Waals surface area contributed by atoms with Gasteiger partial charge in [-0.05, 0) is 30.7 Å². The largest absolute Gasteiger partial charge is 0.479 e. The highest BCUT2D eigenvalue weighted by Crippen LogP contribution is 2.44. The number of carbonyl (C=O) groups is 2. The van der Waals surface area contributed by atoms with Crippen LogP contribution in [0.25, 0.3) is 10.9 Å². The van der Waals surface area contributed by atoms with Crippen molar-refractivity contribution >= 4 is 22.8 Å². The molecule has 0 aliphatic heterocycles. The summed E-state index contributed by atoms with van der Waals surface area (Å²) >= 11 is 0. The Morgan fingerprint density at radius 2 is 2.24 bits per heavy atom. The first-order valence-corrected chi connectivity index (χ1v) is 6.43. The van der Waals surface area contributed by atoms with Crippen molar-refractivity contribution in [1.82, 2.24) is 10.3 Å². The van der Waals surface area contributed by atoms with Crippen LogP contribution in [-0.2, 0) is 4.79 Å².